The standard InChI is InChI=1S/C18H29NO5S/c1-18(2,3)24-19-17(16-11-7-5-8-12-16)15-22-13-9-6-10-14-23-25(4,20)21/h5,7-8,11-12,15,19H,6,9-10,13-14H2,1-4H3. The first-order chi connectivity index (χ1) is 11.7. The molecule has 0 heterocycles. The maximum Gasteiger partial charge on any atom is 0.264 e. The number of rotatable bonds is 11. The van der Waals surface area contributed by atoms with E-state index in [2.05, 4.69) is 9.66 Å². The van der Waals surface area contributed by atoms with E-state index in [9.17, 15) is 8.42 Å². The Balaban J connectivity index is 2.40. The van der Waals surface area contributed by atoms with Crippen LogP contribution < -0.4 is 5.48 Å². The highest BCUT2D eigenvalue weighted by molar-refractivity contribution is 7.85. The van der Waals surface area contributed by atoms with Crippen molar-refractivity contribution in [2.24, 2.45) is 0 Å². The fraction of sp³-hybridized carbons (Fsp3) is 0.556. The lowest BCUT2D eigenvalue weighted by atomic mass is 10.2. The van der Waals surface area contributed by atoms with E-state index in [1.54, 1.807) is 6.26 Å². The number of hydrogen-bond acceptors (Lipinski definition) is 6. The van der Waals surface area contributed by atoms with E-state index in [1.807, 2.05) is 51.1 Å². The Morgan fingerprint density at radius 3 is 2.32 bits per heavy atom. The summed E-state index contributed by atoms with van der Waals surface area (Å²) in [6.07, 6.45) is 5.02. The molecule has 6 nitrogen and oxygen atoms in total. The Morgan fingerprint density at radius 1 is 1.08 bits per heavy atom. The van der Waals surface area contributed by atoms with Gasteiger partial charge in [0.25, 0.3) is 10.1 Å². The lowest BCUT2D eigenvalue weighted by molar-refractivity contribution is -0.0478. The van der Waals surface area contributed by atoms with Gasteiger partial charge in [0.1, 0.15) is 12.0 Å². The van der Waals surface area contributed by atoms with Crippen LogP contribution in [0.2, 0.25) is 0 Å². The fourth-order valence-corrected chi connectivity index (χ4v) is 2.21. The summed E-state index contributed by atoms with van der Waals surface area (Å²) in [5.74, 6) is 0. The van der Waals surface area contributed by atoms with E-state index >= 15 is 0 Å². The van der Waals surface area contributed by atoms with Crippen LogP contribution in [0.1, 0.15) is 45.6 Å². The first-order valence-corrected chi connectivity index (χ1v) is 10.1. The summed E-state index contributed by atoms with van der Waals surface area (Å²) in [6, 6.07) is 9.78. The highest BCUT2D eigenvalue weighted by atomic mass is 32.2. The molecule has 0 bridgehead atoms. The van der Waals surface area contributed by atoms with Crippen molar-refractivity contribution in [1.29, 1.82) is 0 Å². The van der Waals surface area contributed by atoms with Gasteiger partial charge in [-0.05, 0) is 40.0 Å². The van der Waals surface area contributed by atoms with Gasteiger partial charge in [0.05, 0.1) is 25.1 Å². The topological polar surface area (TPSA) is 73.9 Å². The molecule has 0 unspecified atom stereocenters. The largest absolute Gasteiger partial charge is 0.499 e. The highest BCUT2D eigenvalue weighted by Gasteiger charge is 2.12. The molecule has 1 aromatic carbocycles. The van der Waals surface area contributed by atoms with Gasteiger partial charge in [-0.2, -0.15) is 8.42 Å². The van der Waals surface area contributed by atoms with Gasteiger partial charge in [0, 0.05) is 5.56 Å². The Hall–Kier alpha value is -1.57. The summed E-state index contributed by atoms with van der Waals surface area (Å²) in [5, 5.41) is 0. The number of hydrogen-bond donors (Lipinski definition) is 1. The third-order valence-corrected chi connectivity index (χ3v) is 3.55. The second kappa shape index (κ2) is 10.4. The maximum absolute atomic E-state index is 10.8. The minimum atomic E-state index is -3.34. The summed E-state index contributed by atoms with van der Waals surface area (Å²) in [6.45, 7) is 6.63. The third kappa shape index (κ3) is 11.6. The fourth-order valence-electron chi connectivity index (χ4n) is 1.79. The minimum Gasteiger partial charge on any atom is -0.499 e. The second-order valence-electron chi connectivity index (χ2n) is 6.67. The summed E-state index contributed by atoms with van der Waals surface area (Å²) in [4.78, 5) is 5.62. The Bertz CT molecular complexity index is 621. The van der Waals surface area contributed by atoms with Crippen molar-refractivity contribution in [3.05, 3.63) is 42.2 Å². The molecule has 0 aliphatic rings. The van der Waals surface area contributed by atoms with Crippen LogP contribution in [-0.2, 0) is 23.9 Å². The van der Waals surface area contributed by atoms with E-state index in [4.69, 9.17) is 9.57 Å². The average Bonchev–Trinajstić information content (AvgIpc) is 2.51. The molecule has 0 fully saturated rings. The van der Waals surface area contributed by atoms with Crippen molar-refractivity contribution in [2.45, 2.75) is 45.6 Å². The van der Waals surface area contributed by atoms with Gasteiger partial charge in [-0.25, -0.2) is 0 Å². The summed E-state index contributed by atoms with van der Waals surface area (Å²) in [7, 11) is -3.34. The lowest BCUT2D eigenvalue weighted by Crippen LogP contribution is -2.28. The van der Waals surface area contributed by atoms with Crippen LogP contribution in [0.25, 0.3) is 5.70 Å². The predicted octanol–water partition coefficient (Wildman–Crippen LogP) is 3.47. The van der Waals surface area contributed by atoms with Gasteiger partial charge in [0.2, 0.25) is 0 Å². The maximum atomic E-state index is 10.8. The Kier molecular flexibility index (Phi) is 8.96. The second-order valence-corrected chi connectivity index (χ2v) is 8.32. The van der Waals surface area contributed by atoms with E-state index in [-0.39, 0.29) is 12.2 Å². The molecule has 0 spiro atoms. The molecule has 0 aliphatic heterocycles. The zero-order chi connectivity index (χ0) is 18.8. The molecule has 0 saturated heterocycles. The molecule has 25 heavy (non-hydrogen) atoms. The lowest BCUT2D eigenvalue weighted by Gasteiger charge is -2.21. The molecule has 0 atom stereocenters. The van der Waals surface area contributed by atoms with Crippen molar-refractivity contribution in [3.63, 3.8) is 0 Å². The van der Waals surface area contributed by atoms with Gasteiger partial charge in [-0.3, -0.25) is 14.5 Å². The van der Waals surface area contributed by atoms with Crippen LogP contribution in [0.3, 0.4) is 0 Å². The highest BCUT2D eigenvalue weighted by Crippen LogP contribution is 2.14. The van der Waals surface area contributed by atoms with E-state index < -0.39 is 10.1 Å². The molecule has 0 aliphatic carbocycles. The molecule has 1 N–H and O–H groups in total. The summed E-state index contributed by atoms with van der Waals surface area (Å²) >= 11 is 0. The van der Waals surface area contributed by atoms with Crippen LogP contribution in [0, 0.1) is 0 Å². The van der Waals surface area contributed by atoms with Gasteiger partial charge in [0.15, 0.2) is 0 Å². The normalized spacial score (nSPS) is 12.9. The number of nitrogens with one attached hydrogen (secondary N) is 1. The predicted molar refractivity (Wildman–Crippen MR) is 99.0 cm³/mol. The van der Waals surface area contributed by atoms with E-state index in [1.165, 1.54) is 0 Å². The number of ether oxygens (including phenoxy) is 1. The first-order valence-electron chi connectivity index (χ1n) is 8.33. The van der Waals surface area contributed by atoms with Crippen LogP contribution >= 0.6 is 0 Å². The van der Waals surface area contributed by atoms with Gasteiger partial charge in [-0.1, -0.05) is 30.3 Å². The van der Waals surface area contributed by atoms with E-state index in [0.29, 0.717) is 13.0 Å². The molecule has 1 rings (SSSR count). The molecule has 0 radical (unpaired) electrons. The van der Waals surface area contributed by atoms with Crippen LogP contribution in [0.5, 0.6) is 0 Å². The van der Waals surface area contributed by atoms with Crippen LogP contribution in [0.4, 0.5) is 0 Å². The molecule has 7 heteroatoms. The molecule has 1 aromatic rings. The molecule has 0 saturated carbocycles. The SMILES string of the molecule is CC(C)(C)ONC(=COCCCCCOS(C)(=O)=O)c1ccccc1. The third-order valence-electron chi connectivity index (χ3n) is 2.96. The smallest absolute Gasteiger partial charge is 0.264 e. The van der Waals surface area contributed by atoms with Crippen molar-refractivity contribution in [1.82, 2.24) is 5.48 Å². The van der Waals surface area contributed by atoms with Gasteiger partial charge in [-0.15, -0.1) is 0 Å². The quantitative estimate of drug-likeness (QED) is 0.278. The average molecular weight is 371 g/mol. The monoisotopic (exact) mass is 371 g/mol. The molecule has 0 amide bonds. The number of benzene rings is 1. The van der Waals surface area contributed by atoms with Crippen LogP contribution in [-0.4, -0.2) is 33.5 Å². The minimum absolute atomic E-state index is 0.213. The van der Waals surface area contributed by atoms with Gasteiger partial charge < -0.3 is 4.74 Å². The van der Waals surface area contributed by atoms with Crippen LogP contribution in [0.15, 0.2) is 36.6 Å². The van der Waals surface area contributed by atoms with Crippen molar-refractivity contribution in [3.8, 4) is 0 Å². The molecule has 0 aromatic heterocycles. The molecular weight excluding hydrogens is 342 g/mol. The number of hydroxylamine groups is 1. The summed E-state index contributed by atoms with van der Waals surface area (Å²) < 4.78 is 32.0. The first kappa shape index (κ1) is 21.5. The summed E-state index contributed by atoms with van der Waals surface area (Å²) in [5.41, 5.74) is 4.34. The van der Waals surface area contributed by atoms with Crippen molar-refractivity contribution >= 4 is 15.8 Å². The van der Waals surface area contributed by atoms with E-state index in [0.717, 1.165) is 30.4 Å². The zero-order valence-corrected chi connectivity index (χ0v) is 16.3. The van der Waals surface area contributed by atoms with Gasteiger partial charge >= 0.3 is 0 Å². The molecular formula is C18H29NO5S. The Morgan fingerprint density at radius 2 is 1.72 bits per heavy atom. The number of unbranched alkanes of at least 4 members (excludes halogenated alkanes) is 2. The zero-order valence-electron chi connectivity index (χ0n) is 15.4. The Labute approximate surface area is 151 Å². The van der Waals surface area contributed by atoms with Crippen molar-refractivity contribution in [2.75, 3.05) is 19.5 Å². The molecule has 142 valence electrons. The van der Waals surface area contributed by atoms with Crippen molar-refractivity contribution < 1.29 is 22.2 Å².